The number of amides is 1. The highest BCUT2D eigenvalue weighted by Crippen LogP contribution is 2.48. The molecule has 2 fully saturated rings. The van der Waals surface area contributed by atoms with E-state index in [2.05, 4.69) is 15.4 Å². The van der Waals surface area contributed by atoms with Crippen LogP contribution < -0.4 is 0 Å². The third-order valence-corrected chi connectivity index (χ3v) is 5.38. The summed E-state index contributed by atoms with van der Waals surface area (Å²) in [6, 6.07) is 5.84. The summed E-state index contributed by atoms with van der Waals surface area (Å²) < 4.78 is 39.7. The van der Waals surface area contributed by atoms with E-state index in [-0.39, 0.29) is 29.4 Å². The van der Waals surface area contributed by atoms with Crippen molar-refractivity contribution in [3.05, 3.63) is 47.3 Å². The molecule has 2 atom stereocenters. The summed E-state index contributed by atoms with van der Waals surface area (Å²) in [6.07, 6.45) is -1.58. The lowest BCUT2D eigenvalue weighted by Crippen LogP contribution is -2.30. The van der Waals surface area contributed by atoms with Crippen LogP contribution in [0.2, 0.25) is 0 Å². The molecule has 4 rings (SSSR count). The molecule has 1 aliphatic heterocycles. The Labute approximate surface area is 142 Å². The fourth-order valence-corrected chi connectivity index (χ4v) is 4.30. The van der Waals surface area contributed by atoms with Gasteiger partial charge in [0.05, 0.1) is 11.8 Å². The van der Waals surface area contributed by atoms with Crippen LogP contribution in [0.4, 0.5) is 13.2 Å². The van der Waals surface area contributed by atoms with Crippen LogP contribution in [-0.4, -0.2) is 39.3 Å². The topological polar surface area (TPSA) is 61.9 Å². The highest BCUT2D eigenvalue weighted by molar-refractivity contribution is 5.92. The Bertz CT molecular complexity index is 760. The zero-order valence-electron chi connectivity index (χ0n) is 13.3. The van der Waals surface area contributed by atoms with E-state index < -0.39 is 11.7 Å². The number of nitrogens with zero attached hydrogens (tertiary/aromatic N) is 3. The molecule has 1 saturated heterocycles. The minimum atomic E-state index is -4.33. The quantitative estimate of drug-likeness (QED) is 0.905. The first-order valence-electron chi connectivity index (χ1n) is 8.24. The monoisotopic (exact) mass is 350 g/mol. The van der Waals surface area contributed by atoms with Crippen LogP contribution in [0.5, 0.6) is 0 Å². The number of hydrogen-bond donors (Lipinski definition) is 1. The van der Waals surface area contributed by atoms with Gasteiger partial charge in [-0.15, -0.1) is 0 Å². The summed E-state index contributed by atoms with van der Waals surface area (Å²) in [5.74, 6) is 0.205. The maximum atomic E-state index is 13.2. The lowest BCUT2D eigenvalue weighted by atomic mass is 9.91. The molecular weight excluding hydrogens is 333 g/mol. The molecule has 1 N–H and O–H groups in total. The fourth-order valence-electron chi connectivity index (χ4n) is 4.30. The number of aromatic amines is 1. The standard InChI is InChI=1S/C17H17F3N4O/c18-17(19,20)14-4-2-1-3-13(14)10-5-11-8-24(9-12(11)6-10)16(25)15-7-21-23-22-15/h1-4,7,10-12H,5-6,8-9H2,(H,21,22,23). The number of rotatable bonds is 2. The number of alkyl halides is 3. The first-order chi connectivity index (χ1) is 11.9. The van der Waals surface area contributed by atoms with Crippen molar-refractivity contribution < 1.29 is 18.0 Å². The zero-order chi connectivity index (χ0) is 17.6. The second kappa shape index (κ2) is 5.86. The van der Waals surface area contributed by atoms with Gasteiger partial charge < -0.3 is 4.90 Å². The summed E-state index contributed by atoms with van der Waals surface area (Å²) in [5.41, 5.74) is 0.133. The molecule has 2 aliphatic rings. The highest BCUT2D eigenvalue weighted by atomic mass is 19.4. The van der Waals surface area contributed by atoms with Crippen molar-refractivity contribution in [1.82, 2.24) is 20.3 Å². The Morgan fingerprint density at radius 1 is 1.16 bits per heavy atom. The predicted molar refractivity (Wildman–Crippen MR) is 82.7 cm³/mol. The summed E-state index contributed by atoms with van der Waals surface area (Å²) in [6.45, 7) is 1.14. The maximum Gasteiger partial charge on any atom is 0.416 e. The highest BCUT2D eigenvalue weighted by Gasteiger charge is 2.45. The number of nitrogens with one attached hydrogen (secondary N) is 1. The normalized spacial score (nSPS) is 26.0. The second-order valence-electron chi connectivity index (χ2n) is 6.84. The number of hydrogen-bond acceptors (Lipinski definition) is 3. The van der Waals surface area contributed by atoms with Gasteiger partial charge in [-0.1, -0.05) is 18.2 Å². The van der Waals surface area contributed by atoms with Crippen LogP contribution in [-0.2, 0) is 6.18 Å². The molecule has 2 unspecified atom stereocenters. The van der Waals surface area contributed by atoms with E-state index in [1.54, 1.807) is 17.0 Å². The first-order valence-corrected chi connectivity index (χ1v) is 8.24. The molecule has 1 amide bonds. The molecule has 132 valence electrons. The van der Waals surface area contributed by atoms with E-state index in [9.17, 15) is 18.0 Å². The number of carbonyl (C=O) groups is 1. The van der Waals surface area contributed by atoms with E-state index in [4.69, 9.17) is 0 Å². The van der Waals surface area contributed by atoms with Crippen molar-refractivity contribution in [3.63, 3.8) is 0 Å². The smallest absolute Gasteiger partial charge is 0.337 e. The van der Waals surface area contributed by atoms with Gasteiger partial charge in [0.25, 0.3) is 5.91 Å². The third-order valence-electron chi connectivity index (χ3n) is 5.38. The van der Waals surface area contributed by atoms with Crippen molar-refractivity contribution in [2.75, 3.05) is 13.1 Å². The van der Waals surface area contributed by atoms with E-state index in [0.29, 0.717) is 31.5 Å². The minimum absolute atomic E-state index is 0.0999. The third kappa shape index (κ3) is 2.89. The predicted octanol–water partition coefficient (Wildman–Crippen LogP) is 3.09. The lowest BCUT2D eigenvalue weighted by Gasteiger charge is -2.21. The minimum Gasteiger partial charge on any atom is -0.337 e. The Morgan fingerprint density at radius 2 is 1.84 bits per heavy atom. The van der Waals surface area contributed by atoms with Gasteiger partial charge >= 0.3 is 6.18 Å². The number of benzene rings is 1. The van der Waals surface area contributed by atoms with Gasteiger partial charge in [0.15, 0.2) is 5.69 Å². The summed E-state index contributed by atoms with van der Waals surface area (Å²) >= 11 is 0. The summed E-state index contributed by atoms with van der Waals surface area (Å²) in [7, 11) is 0. The molecular formula is C17H17F3N4O. The van der Waals surface area contributed by atoms with Crippen LogP contribution >= 0.6 is 0 Å². The van der Waals surface area contributed by atoms with E-state index >= 15 is 0 Å². The van der Waals surface area contributed by atoms with Gasteiger partial charge in [-0.2, -0.15) is 28.6 Å². The summed E-state index contributed by atoms with van der Waals surface area (Å²) in [5, 5.41) is 9.86. The number of H-pyrrole nitrogens is 1. The van der Waals surface area contributed by atoms with Gasteiger partial charge in [0.1, 0.15) is 0 Å². The van der Waals surface area contributed by atoms with E-state index in [1.807, 2.05) is 0 Å². The SMILES string of the molecule is O=C(c1cn[nH]n1)N1CC2CC(c3ccccc3C(F)(F)F)CC2C1. The largest absolute Gasteiger partial charge is 0.416 e. The Kier molecular flexibility index (Phi) is 3.77. The zero-order valence-corrected chi connectivity index (χ0v) is 13.3. The van der Waals surface area contributed by atoms with E-state index in [0.717, 1.165) is 6.07 Å². The van der Waals surface area contributed by atoms with Crippen molar-refractivity contribution >= 4 is 5.91 Å². The molecule has 25 heavy (non-hydrogen) atoms. The molecule has 0 radical (unpaired) electrons. The van der Waals surface area contributed by atoms with Gasteiger partial charge in [-0.05, 0) is 42.2 Å². The van der Waals surface area contributed by atoms with Gasteiger partial charge in [-0.3, -0.25) is 4.79 Å². The molecule has 1 saturated carbocycles. The Hall–Kier alpha value is -2.38. The van der Waals surface area contributed by atoms with Gasteiger partial charge in [-0.25, -0.2) is 0 Å². The van der Waals surface area contributed by atoms with Crippen LogP contribution in [0, 0.1) is 11.8 Å². The average molecular weight is 350 g/mol. The van der Waals surface area contributed by atoms with Crippen molar-refractivity contribution in [2.45, 2.75) is 24.9 Å². The van der Waals surface area contributed by atoms with Crippen LogP contribution in [0.25, 0.3) is 0 Å². The molecule has 1 aromatic carbocycles. The molecule has 5 nitrogen and oxygen atoms in total. The van der Waals surface area contributed by atoms with Crippen molar-refractivity contribution in [1.29, 1.82) is 0 Å². The number of halogens is 3. The molecule has 8 heteroatoms. The molecule has 2 heterocycles. The summed E-state index contributed by atoms with van der Waals surface area (Å²) in [4.78, 5) is 14.1. The molecule has 0 spiro atoms. The van der Waals surface area contributed by atoms with Crippen molar-refractivity contribution in [2.24, 2.45) is 11.8 Å². The molecule has 1 aromatic heterocycles. The Balaban J connectivity index is 1.48. The fraction of sp³-hybridized carbons (Fsp3) is 0.471. The average Bonchev–Trinajstić information content (AvgIpc) is 3.29. The number of fused-ring (bicyclic) bond motifs is 1. The molecule has 2 aromatic rings. The Morgan fingerprint density at radius 3 is 2.44 bits per heavy atom. The molecule has 1 aliphatic carbocycles. The first kappa shape index (κ1) is 16.1. The lowest BCUT2D eigenvalue weighted by molar-refractivity contribution is -0.138. The van der Waals surface area contributed by atoms with Crippen molar-refractivity contribution in [3.8, 4) is 0 Å². The second-order valence-corrected chi connectivity index (χ2v) is 6.84. The van der Waals surface area contributed by atoms with Gasteiger partial charge in [0, 0.05) is 13.1 Å². The van der Waals surface area contributed by atoms with E-state index in [1.165, 1.54) is 12.3 Å². The van der Waals surface area contributed by atoms with Crippen LogP contribution in [0.3, 0.4) is 0 Å². The number of aromatic nitrogens is 3. The maximum absolute atomic E-state index is 13.2. The molecule has 0 bridgehead atoms. The van der Waals surface area contributed by atoms with Crippen LogP contribution in [0.1, 0.15) is 40.4 Å². The number of likely N-dealkylation sites (tertiary alicyclic amines) is 1. The number of carbonyl (C=O) groups excluding carboxylic acids is 1. The van der Waals surface area contributed by atoms with Crippen LogP contribution in [0.15, 0.2) is 30.5 Å². The van der Waals surface area contributed by atoms with Gasteiger partial charge in [0.2, 0.25) is 0 Å².